The maximum absolute atomic E-state index is 11.6. The average molecular weight is 261 g/mol. The number of benzene rings is 1. The monoisotopic (exact) mass is 260 g/mol. The Morgan fingerprint density at radius 2 is 1.94 bits per heavy atom. The minimum absolute atomic E-state index is 0. The van der Waals surface area contributed by atoms with Crippen molar-refractivity contribution < 1.29 is 14.3 Å². The number of amides is 1. The van der Waals surface area contributed by atoms with Crippen LogP contribution in [-0.2, 0) is 0 Å². The highest BCUT2D eigenvalue weighted by molar-refractivity contribution is 5.94. The van der Waals surface area contributed by atoms with Crippen molar-refractivity contribution in [3.8, 4) is 11.5 Å². The van der Waals surface area contributed by atoms with Crippen molar-refractivity contribution in [2.45, 2.75) is 0 Å². The van der Waals surface area contributed by atoms with E-state index in [9.17, 15) is 4.79 Å². The van der Waals surface area contributed by atoms with Crippen molar-refractivity contribution in [2.75, 3.05) is 27.3 Å². The van der Waals surface area contributed by atoms with Crippen LogP contribution in [0.3, 0.4) is 0 Å². The molecule has 0 aliphatic rings. The molecule has 0 spiro atoms. The summed E-state index contributed by atoms with van der Waals surface area (Å²) >= 11 is 0. The molecule has 17 heavy (non-hydrogen) atoms. The lowest BCUT2D eigenvalue weighted by Crippen LogP contribution is -2.28. The van der Waals surface area contributed by atoms with E-state index in [1.165, 1.54) is 7.11 Å². The molecule has 0 atom stereocenters. The Morgan fingerprint density at radius 1 is 1.29 bits per heavy atom. The number of methoxy groups -OCH3 is 2. The van der Waals surface area contributed by atoms with Gasteiger partial charge < -0.3 is 20.5 Å². The molecular formula is C11H17ClN2O3. The Kier molecular flexibility index (Phi) is 7.09. The molecule has 0 radical (unpaired) electrons. The number of nitrogens with one attached hydrogen (secondary N) is 1. The summed E-state index contributed by atoms with van der Waals surface area (Å²) in [4.78, 5) is 11.6. The molecule has 1 amide bonds. The Labute approximate surface area is 107 Å². The van der Waals surface area contributed by atoms with Crippen molar-refractivity contribution in [2.24, 2.45) is 5.73 Å². The second kappa shape index (κ2) is 7.76. The number of ether oxygens (including phenoxy) is 2. The van der Waals surface area contributed by atoms with E-state index in [0.29, 0.717) is 30.2 Å². The molecule has 0 saturated carbocycles. The quantitative estimate of drug-likeness (QED) is 0.822. The van der Waals surface area contributed by atoms with Gasteiger partial charge in [-0.3, -0.25) is 4.79 Å². The zero-order valence-corrected chi connectivity index (χ0v) is 10.7. The Bertz CT molecular complexity index is 372. The van der Waals surface area contributed by atoms with E-state index in [4.69, 9.17) is 15.2 Å². The summed E-state index contributed by atoms with van der Waals surface area (Å²) in [6, 6.07) is 4.99. The molecule has 0 heterocycles. The fraction of sp³-hybridized carbons (Fsp3) is 0.364. The van der Waals surface area contributed by atoms with Crippen LogP contribution in [-0.4, -0.2) is 33.2 Å². The van der Waals surface area contributed by atoms with Gasteiger partial charge in [0, 0.05) is 18.7 Å². The van der Waals surface area contributed by atoms with Gasteiger partial charge in [-0.15, -0.1) is 12.4 Å². The number of carbonyl (C=O) groups excluding carboxylic acids is 1. The first-order chi connectivity index (χ1) is 7.72. The highest BCUT2D eigenvalue weighted by Gasteiger charge is 2.09. The lowest BCUT2D eigenvalue weighted by molar-refractivity contribution is 0.0954. The van der Waals surface area contributed by atoms with Crippen LogP contribution in [0, 0.1) is 0 Å². The van der Waals surface area contributed by atoms with Crippen LogP contribution in [0.1, 0.15) is 10.4 Å². The van der Waals surface area contributed by atoms with Gasteiger partial charge in [0.25, 0.3) is 5.91 Å². The van der Waals surface area contributed by atoms with E-state index in [0.717, 1.165) is 0 Å². The molecule has 0 unspecified atom stereocenters. The average Bonchev–Trinajstić information content (AvgIpc) is 2.34. The zero-order valence-electron chi connectivity index (χ0n) is 9.86. The first-order valence-electron chi connectivity index (χ1n) is 4.93. The maximum atomic E-state index is 11.6. The number of hydrogen-bond acceptors (Lipinski definition) is 4. The van der Waals surface area contributed by atoms with E-state index in [1.54, 1.807) is 25.3 Å². The topological polar surface area (TPSA) is 73.6 Å². The van der Waals surface area contributed by atoms with Gasteiger partial charge in [-0.05, 0) is 18.2 Å². The standard InChI is InChI=1S/C11H16N2O3.ClH/c1-15-9-4-3-8(7-10(9)16-2)11(14)13-6-5-12;/h3-4,7H,5-6,12H2,1-2H3,(H,13,14);1H. The molecule has 1 aromatic carbocycles. The molecule has 0 fully saturated rings. The number of halogens is 1. The van der Waals surface area contributed by atoms with Gasteiger partial charge in [0.05, 0.1) is 14.2 Å². The van der Waals surface area contributed by atoms with Gasteiger partial charge in [0.1, 0.15) is 0 Å². The molecule has 0 saturated heterocycles. The molecule has 1 aromatic rings. The summed E-state index contributed by atoms with van der Waals surface area (Å²) in [5, 5.41) is 2.68. The molecule has 6 heteroatoms. The first kappa shape index (κ1) is 15.5. The molecule has 3 N–H and O–H groups in total. The molecular weight excluding hydrogens is 244 g/mol. The van der Waals surface area contributed by atoms with Crippen molar-refractivity contribution in [1.29, 1.82) is 0 Å². The largest absolute Gasteiger partial charge is 0.493 e. The fourth-order valence-corrected chi connectivity index (χ4v) is 1.27. The molecule has 0 aliphatic carbocycles. The van der Waals surface area contributed by atoms with Gasteiger partial charge in [-0.1, -0.05) is 0 Å². The third kappa shape index (κ3) is 4.13. The number of rotatable bonds is 5. The minimum Gasteiger partial charge on any atom is -0.493 e. The molecule has 0 bridgehead atoms. The van der Waals surface area contributed by atoms with E-state index in [-0.39, 0.29) is 18.3 Å². The summed E-state index contributed by atoms with van der Waals surface area (Å²) in [6.45, 7) is 0.867. The van der Waals surface area contributed by atoms with Crippen molar-refractivity contribution in [3.05, 3.63) is 23.8 Å². The van der Waals surface area contributed by atoms with Gasteiger partial charge in [-0.25, -0.2) is 0 Å². The summed E-state index contributed by atoms with van der Waals surface area (Å²) in [7, 11) is 3.07. The number of carbonyl (C=O) groups is 1. The van der Waals surface area contributed by atoms with Crippen LogP contribution < -0.4 is 20.5 Å². The summed E-state index contributed by atoms with van der Waals surface area (Å²) in [6.07, 6.45) is 0. The van der Waals surface area contributed by atoms with E-state index in [1.807, 2.05) is 0 Å². The van der Waals surface area contributed by atoms with Gasteiger partial charge in [0.15, 0.2) is 11.5 Å². The van der Waals surface area contributed by atoms with E-state index < -0.39 is 0 Å². The van der Waals surface area contributed by atoms with Gasteiger partial charge in [-0.2, -0.15) is 0 Å². The van der Waals surface area contributed by atoms with Crippen LogP contribution in [0.5, 0.6) is 11.5 Å². The van der Waals surface area contributed by atoms with Crippen molar-refractivity contribution in [3.63, 3.8) is 0 Å². The second-order valence-corrected chi connectivity index (χ2v) is 3.11. The minimum atomic E-state index is -0.175. The number of nitrogens with two attached hydrogens (primary N) is 1. The molecule has 1 rings (SSSR count). The maximum Gasteiger partial charge on any atom is 0.251 e. The summed E-state index contributed by atoms with van der Waals surface area (Å²) in [5.74, 6) is 0.951. The summed E-state index contributed by atoms with van der Waals surface area (Å²) in [5.41, 5.74) is 5.82. The molecule has 5 nitrogen and oxygen atoms in total. The van der Waals surface area contributed by atoms with E-state index in [2.05, 4.69) is 5.32 Å². The molecule has 0 aliphatic heterocycles. The predicted molar refractivity (Wildman–Crippen MR) is 68.2 cm³/mol. The third-order valence-corrected chi connectivity index (χ3v) is 2.08. The first-order valence-corrected chi connectivity index (χ1v) is 4.93. The Morgan fingerprint density at radius 3 is 2.47 bits per heavy atom. The highest BCUT2D eigenvalue weighted by atomic mass is 35.5. The van der Waals surface area contributed by atoms with Crippen LogP contribution in [0.2, 0.25) is 0 Å². The lowest BCUT2D eigenvalue weighted by Gasteiger charge is -2.09. The van der Waals surface area contributed by atoms with Gasteiger partial charge in [0.2, 0.25) is 0 Å². The van der Waals surface area contributed by atoms with Crippen molar-refractivity contribution in [1.82, 2.24) is 5.32 Å². The van der Waals surface area contributed by atoms with Crippen molar-refractivity contribution >= 4 is 18.3 Å². The van der Waals surface area contributed by atoms with Crippen LogP contribution in [0.15, 0.2) is 18.2 Å². The Balaban J connectivity index is 0.00000256. The van der Waals surface area contributed by atoms with Crippen LogP contribution >= 0.6 is 12.4 Å². The van der Waals surface area contributed by atoms with Crippen LogP contribution in [0.25, 0.3) is 0 Å². The molecule has 0 aromatic heterocycles. The predicted octanol–water partition coefficient (Wildman–Crippen LogP) is 0.814. The van der Waals surface area contributed by atoms with Crippen LogP contribution in [0.4, 0.5) is 0 Å². The lowest BCUT2D eigenvalue weighted by atomic mass is 10.2. The zero-order chi connectivity index (χ0) is 12.0. The van der Waals surface area contributed by atoms with Gasteiger partial charge >= 0.3 is 0 Å². The normalized spacial score (nSPS) is 9.12. The Hall–Kier alpha value is -1.46. The fourth-order valence-electron chi connectivity index (χ4n) is 1.27. The second-order valence-electron chi connectivity index (χ2n) is 3.11. The smallest absolute Gasteiger partial charge is 0.251 e. The summed E-state index contributed by atoms with van der Waals surface area (Å²) < 4.78 is 10.2. The number of hydrogen-bond donors (Lipinski definition) is 2. The van der Waals surface area contributed by atoms with E-state index >= 15 is 0 Å². The third-order valence-electron chi connectivity index (χ3n) is 2.08. The molecule has 96 valence electrons. The highest BCUT2D eigenvalue weighted by Crippen LogP contribution is 2.27. The SMILES string of the molecule is COc1ccc(C(=O)NCCN)cc1OC.Cl.